The van der Waals surface area contributed by atoms with Gasteiger partial charge in [-0.25, -0.2) is 9.97 Å². The first-order valence-electron chi connectivity index (χ1n) is 16.6. The summed E-state index contributed by atoms with van der Waals surface area (Å²) in [6, 6.07) is 52.8. The van der Waals surface area contributed by atoms with Gasteiger partial charge in [0.05, 0.1) is 11.4 Å². The molecule has 0 N–H and O–H groups in total. The molecule has 0 unspecified atom stereocenters. The highest BCUT2D eigenvalue weighted by Gasteiger charge is 2.21. The van der Waals surface area contributed by atoms with E-state index in [0.717, 1.165) is 72.3 Å². The van der Waals surface area contributed by atoms with E-state index >= 15 is 0 Å². The van der Waals surface area contributed by atoms with Gasteiger partial charge in [-0.2, -0.15) is 0 Å². The van der Waals surface area contributed by atoms with Crippen molar-refractivity contribution in [3.63, 3.8) is 0 Å². The van der Waals surface area contributed by atoms with Crippen LogP contribution in [0.2, 0.25) is 0 Å². The van der Waals surface area contributed by atoms with Gasteiger partial charge < -0.3 is 4.42 Å². The number of nitrogens with zero attached hydrogens (tertiary/aromatic N) is 3. The molecule has 0 spiro atoms. The summed E-state index contributed by atoms with van der Waals surface area (Å²) in [5.41, 5.74) is 10.5. The maximum absolute atomic E-state index is 6.75. The molecular formula is C45H27N3OS. The van der Waals surface area contributed by atoms with Crippen LogP contribution in [0.4, 0.5) is 0 Å². The van der Waals surface area contributed by atoms with Gasteiger partial charge >= 0.3 is 0 Å². The van der Waals surface area contributed by atoms with Crippen LogP contribution in [-0.2, 0) is 0 Å². The molecule has 4 nitrogen and oxygen atoms in total. The van der Waals surface area contributed by atoms with E-state index in [1.54, 1.807) is 6.20 Å². The second-order valence-electron chi connectivity index (χ2n) is 12.4. The zero-order chi connectivity index (χ0) is 33.0. The molecule has 0 saturated heterocycles. The average molecular weight is 658 g/mol. The van der Waals surface area contributed by atoms with Crippen molar-refractivity contribution in [2.45, 2.75) is 0 Å². The van der Waals surface area contributed by atoms with Gasteiger partial charge in [-0.15, -0.1) is 11.3 Å². The number of pyridine rings is 1. The molecule has 0 fully saturated rings. The summed E-state index contributed by atoms with van der Waals surface area (Å²) in [5.74, 6) is 0.643. The Balaban J connectivity index is 1.22. The van der Waals surface area contributed by atoms with Gasteiger partial charge in [0.2, 0.25) is 0 Å². The molecule has 0 aliphatic heterocycles. The van der Waals surface area contributed by atoms with Crippen LogP contribution in [0, 0.1) is 0 Å². The lowest BCUT2D eigenvalue weighted by molar-refractivity contribution is 0.670. The molecule has 0 saturated carbocycles. The minimum Gasteiger partial charge on any atom is -0.455 e. The van der Waals surface area contributed by atoms with Crippen LogP contribution in [0.1, 0.15) is 0 Å². The molecule has 0 aliphatic rings. The lowest BCUT2D eigenvalue weighted by Crippen LogP contribution is -1.98. The largest absolute Gasteiger partial charge is 0.455 e. The van der Waals surface area contributed by atoms with E-state index in [0.29, 0.717) is 5.82 Å². The van der Waals surface area contributed by atoms with Gasteiger partial charge in [0.25, 0.3) is 0 Å². The molecular weight excluding hydrogens is 631 g/mol. The van der Waals surface area contributed by atoms with Crippen LogP contribution in [0.3, 0.4) is 0 Å². The molecule has 4 aromatic heterocycles. The van der Waals surface area contributed by atoms with E-state index in [1.807, 2.05) is 66.1 Å². The molecule has 0 atom stereocenters. The number of hydrogen-bond donors (Lipinski definition) is 0. The van der Waals surface area contributed by atoms with Crippen molar-refractivity contribution in [3.8, 4) is 56.2 Å². The van der Waals surface area contributed by atoms with E-state index < -0.39 is 0 Å². The molecule has 0 radical (unpaired) electrons. The van der Waals surface area contributed by atoms with Crippen molar-refractivity contribution in [1.82, 2.24) is 15.0 Å². The summed E-state index contributed by atoms with van der Waals surface area (Å²) in [7, 11) is 0. The topological polar surface area (TPSA) is 51.8 Å². The minimum atomic E-state index is 0.643. The van der Waals surface area contributed by atoms with Crippen LogP contribution in [-0.4, -0.2) is 15.0 Å². The van der Waals surface area contributed by atoms with Crippen molar-refractivity contribution >= 4 is 53.4 Å². The molecule has 0 aliphatic carbocycles. The predicted molar refractivity (Wildman–Crippen MR) is 207 cm³/mol. The first-order chi connectivity index (χ1) is 24.8. The van der Waals surface area contributed by atoms with Gasteiger partial charge in [0, 0.05) is 65.6 Å². The Hall–Kier alpha value is -6.43. The number of para-hydroxylation sites is 1. The quantitative estimate of drug-likeness (QED) is 0.185. The Morgan fingerprint density at radius 2 is 1.18 bits per heavy atom. The van der Waals surface area contributed by atoms with E-state index in [4.69, 9.17) is 14.4 Å². The zero-order valence-electron chi connectivity index (χ0n) is 26.7. The molecule has 5 heteroatoms. The monoisotopic (exact) mass is 657 g/mol. The molecule has 50 heavy (non-hydrogen) atoms. The summed E-state index contributed by atoms with van der Waals surface area (Å²) in [4.78, 5) is 14.8. The fraction of sp³-hybridized carbons (Fsp3) is 0. The Bertz CT molecular complexity index is 2870. The Morgan fingerprint density at radius 3 is 2.06 bits per heavy atom. The zero-order valence-corrected chi connectivity index (χ0v) is 27.6. The van der Waals surface area contributed by atoms with Crippen molar-refractivity contribution in [3.05, 3.63) is 164 Å². The predicted octanol–water partition coefficient (Wildman–Crippen LogP) is 12.5. The second kappa shape index (κ2) is 11.6. The smallest absolute Gasteiger partial charge is 0.161 e. The number of hydrogen-bond acceptors (Lipinski definition) is 5. The number of benzene rings is 6. The normalized spacial score (nSPS) is 11.6. The number of fused-ring (bicyclic) bond motifs is 6. The Labute approximate surface area is 292 Å². The van der Waals surface area contributed by atoms with Crippen LogP contribution in [0.5, 0.6) is 0 Å². The van der Waals surface area contributed by atoms with Gasteiger partial charge in [0.15, 0.2) is 5.82 Å². The standard InChI is InChI=1S/C45H27N3OS/c1-2-11-28(12-3-1)38-26-39(48-45(47-38)35-16-5-4-14-31(35)30-13-10-24-46-27-30)36-23-22-32(43-37-17-6-8-18-40(37)49-44(36)43)29-20-21-34-33-15-7-9-19-41(33)50-42(34)25-29/h1-27H. The summed E-state index contributed by atoms with van der Waals surface area (Å²) in [5, 5.41) is 4.74. The van der Waals surface area contributed by atoms with Gasteiger partial charge in [-0.1, -0.05) is 115 Å². The third-order valence-corrected chi connectivity index (χ3v) is 10.6. The molecule has 234 valence electrons. The fourth-order valence-corrected chi connectivity index (χ4v) is 8.22. The van der Waals surface area contributed by atoms with Gasteiger partial charge in [0.1, 0.15) is 11.2 Å². The first kappa shape index (κ1) is 28.6. The van der Waals surface area contributed by atoms with Gasteiger partial charge in [-0.05, 0) is 53.1 Å². The Morgan fingerprint density at radius 1 is 0.460 bits per heavy atom. The van der Waals surface area contributed by atoms with Crippen molar-refractivity contribution in [1.29, 1.82) is 0 Å². The fourth-order valence-electron chi connectivity index (χ4n) is 7.08. The van der Waals surface area contributed by atoms with Crippen LogP contribution in [0.25, 0.3) is 98.3 Å². The van der Waals surface area contributed by atoms with Crippen LogP contribution >= 0.6 is 11.3 Å². The number of thiophene rings is 1. The van der Waals surface area contributed by atoms with E-state index in [1.165, 1.54) is 20.2 Å². The van der Waals surface area contributed by atoms with E-state index in [9.17, 15) is 0 Å². The summed E-state index contributed by atoms with van der Waals surface area (Å²) in [6.07, 6.45) is 3.67. The van der Waals surface area contributed by atoms with E-state index in [-0.39, 0.29) is 0 Å². The van der Waals surface area contributed by atoms with E-state index in [2.05, 4.69) is 108 Å². The maximum Gasteiger partial charge on any atom is 0.161 e. The highest BCUT2D eigenvalue weighted by Crippen LogP contribution is 2.44. The highest BCUT2D eigenvalue weighted by atomic mass is 32.1. The highest BCUT2D eigenvalue weighted by molar-refractivity contribution is 7.25. The molecule has 10 aromatic rings. The summed E-state index contributed by atoms with van der Waals surface area (Å²) in [6.45, 7) is 0. The van der Waals surface area contributed by atoms with Crippen LogP contribution in [0.15, 0.2) is 168 Å². The van der Waals surface area contributed by atoms with Crippen LogP contribution < -0.4 is 0 Å². The molecule has 0 amide bonds. The SMILES string of the molecule is c1ccc(-c2cc(-c3ccc(-c4ccc5c(c4)sc4ccccc45)c4c3oc3ccccc34)nc(-c3ccccc3-c3cccnc3)n2)cc1. The van der Waals surface area contributed by atoms with Crippen molar-refractivity contribution < 1.29 is 4.42 Å². The summed E-state index contributed by atoms with van der Waals surface area (Å²) < 4.78 is 9.32. The molecule has 6 aromatic carbocycles. The molecule has 0 bridgehead atoms. The Kier molecular flexibility index (Phi) is 6.64. The maximum atomic E-state index is 6.75. The first-order valence-corrected chi connectivity index (χ1v) is 17.4. The average Bonchev–Trinajstić information content (AvgIpc) is 3.77. The lowest BCUT2D eigenvalue weighted by Gasteiger charge is -2.13. The van der Waals surface area contributed by atoms with Crippen molar-refractivity contribution in [2.24, 2.45) is 0 Å². The third-order valence-electron chi connectivity index (χ3n) is 9.43. The molecule has 4 heterocycles. The minimum absolute atomic E-state index is 0.643. The second-order valence-corrected chi connectivity index (χ2v) is 13.5. The third kappa shape index (κ3) is 4.71. The number of rotatable bonds is 5. The number of furan rings is 1. The van der Waals surface area contributed by atoms with Crippen molar-refractivity contribution in [2.75, 3.05) is 0 Å². The number of aromatic nitrogens is 3. The summed E-state index contributed by atoms with van der Waals surface area (Å²) >= 11 is 1.84. The van der Waals surface area contributed by atoms with Gasteiger partial charge in [-0.3, -0.25) is 4.98 Å². The molecule has 10 rings (SSSR count). The lowest BCUT2D eigenvalue weighted by atomic mass is 9.95.